The van der Waals surface area contributed by atoms with Crippen molar-refractivity contribution in [2.45, 2.75) is 0 Å². The molecule has 0 unspecified atom stereocenters. The van der Waals surface area contributed by atoms with Gasteiger partial charge in [0, 0.05) is 12.6 Å². The topological polar surface area (TPSA) is 180 Å². The van der Waals surface area contributed by atoms with Gasteiger partial charge in [-0.15, -0.1) is 0 Å². The fourth-order valence-corrected chi connectivity index (χ4v) is 3.24. The minimum absolute atomic E-state index is 0.178. The lowest BCUT2D eigenvalue weighted by Crippen LogP contribution is -2.16. The number of hydrogen-bond donors (Lipinski definition) is 1. The molecule has 0 atom stereocenters. The van der Waals surface area contributed by atoms with Crippen LogP contribution in [0.3, 0.4) is 0 Å². The lowest BCUT2D eigenvalue weighted by molar-refractivity contribution is -0.393. The number of esters is 1. The summed E-state index contributed by atoms with van der Waals surface area (Å²) in [6, 6.07) is 12.2. The van der Waals surface area contributed by atoms with Gasteiger partial charge >= 0.3 is 5.97 Å². The Kier molecular flexibility index (Phi) is 18.0. The Labute approximate surface area is 243 Å². The number of carbonyl (C=O) groups excluding carboxylic acids is 1. The molecule has 0 saturated carbocycles. The van der Waals surface area contributed by atoms with Gasteiger partial charge in [-0.1, -0.05) is 18.2 Å². The summed E-state index contributed by atoms with van der Waals surface area (Å²) in [6.45, 7) is 5.03. The van der Waals surface area contributed by atoms with Crippen molar-refractivity contribution in [3.8, 4) is 0 Å². The van der Waals surface area contributed by atoms with E-state index in [0.717, 1.165) is 6.07 Å². The predicted molar refractivity (Wildman–Crippen MR) is 150 cm³/mol. The molecule has 0 aliphatic heterocycles. The molecule has 0 aromatic heterocycles. The van der Waals surface area contributed by atoms with Crippen molar-refractivity contribution in [3.05, 3.63) is 74.3 Å². The Bertz CT molecular complexity index is 1060. The number of benzene rings is 2. The molecule has 0 aliphatic rings. The van der Waals surface area contributed by atoms with E-state index in [2.05, 4.69) is 5.32 Å². The molecule has 0 spiro atoms. The van der Waals surface area contributed by atoms with Crippen molar-refractivity contribution < 1.29 is 47.8 Å². The molecule has 15 nitrogen and oxygen atoms in total. The zero-order chi connectivity index (χ0) is 30.3. The number of nitro groups is 2. The van der Waals surface area contributed by atoms with Gasteiger partial charge in [0.2, 0.25) is 0 Å². The van der Waals surface area contributed by atoms with Gasteiger partial charge in [0.15, 0.2) is 0 Å². The molecule has 0 fully saturated rings. The Balaban J connectivity index is 1.29. The first-order valence-electron chi connectivity index (χ1n) is 13.3. The molecule has 0 aliphatic carbocycles. The maximum Gasteiger partial charge on any atom is 0.338 e. The van der Waals surface area contributed by atoms with Crippen molar-refractivity contribution >= 4 is 23.0 Å². The van der Waals surface area contributed by atoms with Gasteiger partial charge in [-0.3, -0.25) is 20.2 Å². The van der Waals surface area contributed by atoms with Gasteiger partial charge in [0.05, 0.1) is 101 Å². The van der Waals surface area contributed by atoms with E-state index in [1.165, 1.54) is 12.1 Å². The predicted octanol–water partition coefficient (Wildman–Crippen LogP) is 2.87. The van der Waals surface area contributed by atoms with E-state index in [0.29, 0.717) is 78.2 Å². The number of hydrogen-bond acceptors (Lipinski definition) is 13. The summed E-state index contributed by atoms with van der Waals surface area (Å²) >= 11 is 0. The van der Waals surface area contributed by atoms with Crippen LogP contribution in [0.15, 0.2) is 48.5 Å². The third-order valence-electron chi connectivity index (χ3n) is 5.28. The zero-order valence-electron chi connectivity index (χ0n) is 23.3. The second kappa shape index (κ2) is 21.9. The van der Waals surface area contributed by atoms with Gasteiger partial charge in [0.1, 0.15) is 12.3 Å². The summed E-state index contributed by atoms with van der Waals surface area (Å²) in [7, 11) is 0. The molecule has 0 heterocycles. The molecule has 0 radical (unpaired) electrons. The first kappa shape index (κ1) is 34.5. The van der Waals surface area contributed by atoms with E-state index >= 15 is 0 Å². The highest BCUT2D eigenvalue weighted by molar-refractivity contribution is 5.89. The summed E-state index contributed by atoms with van der Waals surface area (Å²) in [5.74, 6) is -0.377. The minimum atomic E-state index is -0.685. The van der Waals surface area contributed by atoms with E-state index in [4.69, 9.17) is 33.2 Å². The maximum atomic E-state index is 11.8. The molecule has 2 rings (SSSR count). The number of anilines is 1. The number of carbonyl (C=O) groups is 1. The van der Waals surface area contributed by atoms with Crippen LogP contribution in [-0.4, -0.2) is 108 Å². The van der Waals surface area contributed by atoms with Crippen LogP contribution in [0.4, 0.5) is 17.1 Å². The molecular formula is C27H37N3O12. The summed E-state index contributed by atoms with van der Waals surface area (Å²) in [5.41, 5.74) is -0.0298. The van der Waals surface area contributed by atoms with E-state index in [9.17, 15) is 25.0 Å². The minimum Gasteiger partial charge on any atom is -0.460 e. The van der Waals surface area contributed by atoms with Crippen molar-refractivity contribution in [3.63, 3.8) is 0 Å². The van der Waals surface area contributed by atoms with Crippen LogP contribution in [-0.2, 0) is 33.2 Å². The average molecular weight is 596 g/mol. The van der Waals surface area contributed by atoms with E-state index < -0.39 is 9.85 Å². The van der Waals surface area contributed by atoms with E-state index in [1.807, 2.05) is 6.07 Å². The second-order valence-electron chi connectivity index (χ2n) is 8.32. The molecule has 1 N–H and O–H groups in total. The summed E-state index contributed by atoms with van der Waals surface area (Å²) in [4.78, 5) is 32.3. The zero-order valence-corrected chi connectivity index (χ0v) is 23.3. The Hall–Kier alpha value is -3.73. The third kappa shape index (κ3) is 15.3. The first-order valence-corrected chi connectivity index (χ1v) is 13.3. The molecular weight excluding hydrogens is 558 g/mol. The number of nitrogens with zero attached hydrogens (tertiary/aromatic N) is 2. The highest BCUT2D eigenvalue weighted by Crippen LogP contribution is 2.28. The van der Waals surface area contributed by atoms with Crippen LogP contribution in [0.2, 0.25) is 0 Å². The summed E-state index contributed by atoms with van der Waals surface area (Å²) in [5, 5.41) is 24.7. The quantitative estimate of drug-likeness (QED) is 0.0767. The maximum absolute atomic E-state index is 11.8. The highest BCUT2D eigenvalue weighted by atomic mass is 16.6. The number of rotatable bonds is 25. The summed E-state index contributed by atoms with van der Waals surface area (Å²) < 4.78 is 37.5. The lowest BCUT2D eigenvalue weighted by Gasteiger charge is -2.09. The molecule has 0 bridgehead atoms. The van der Waals surface area contributed by atoms with E-state index in [-0.39, 0.29) is 42.8 Å². The third-order valence-corrected chi connectivity index (χ3v) is 5.28. The molecule has 15 heteroatoms. The molecule has 2 aromatic carbocycles. The van der Waals surface area contributed by atoms with Gasteiger partial charge in [-0.2, -0.15) is 0 Å². The molecule has 0 amide bonds. The molecule has 42 heavy (non-hydrogen) atoms. The van der Waals surface area contributed by atoms with E-state index in [1.54, 1.807) is 24.3 Å². The normalized spacial score (nSPS) is 10.9. The lowest BCUT2D eigenvalue weighted by atomic mass is 10.2. The monoisotopic (exact) mass is 595 g/mol. The fourth-order valence-electron chi connectivity index (χ4n) is 3.24. The average Bonchev–Trinajstić information content (AvgIpc) is 2.99. The molecule has 2 aromatic rings. The van der Waals surface area contributed by atoms with Crippen molar-refractivity contribution in [2.75, 3.05) is 97.8 Å². The molecule has 232 valence electrons. The summed E-state index contributed by atoms with van der Waals surface area (Å²) in [6.07, 6.45) is 0. The van der Waals surface area contributed by atoms with Gasteiger partial charge < -0.3 is 38.5 Å². The van der Waals surface area contributed by atoms with Crippen LogP contribution >= 0.6 is 0 Å². The van der Waals surface area contributed by atoms with Crippen LogP contribution < -0.4 is 5.32 Å². The number of ether oxygens (including phenoxy) is 7. The van der Waals surface area contributed by atoms with Crippen LogP contribution in [0.1, 0.15) is 10.4 Å². The van der Waals surface area contributed by atoms with Crippen LogP contribution in [0, 0.1) is 20.2 Å². The van der Waals surface area contributed by atoms with Crippen molar-refractivity contribution in [2.24, 2.45) is 0 Å². The van der Waals surface area contributed by atoms with Crippen LogP contribution in [0.5, 0.6) is 0 Å². The standard InChI is InChI=1S/C27H37N3O12/c31-27(23-4-2-1-3-5-23)42-21-20-41-19-18-40-17-16-39-15-14-38-13-12-37-11-10-36-9-8-28-25-7-6-24(29(32)33)22-26(25)30(34)35/h1-7,22,28H,8-21H2. The Morgan fingerprint density at radius 3 is 1.57 bits per heavy atom. The Morgan fingerprint density at radius 1 is 0.619 bits per heavy atom. The van der Waals surface area contributed by atoms with Crippen molar-refractivity contribution in [1.82, 2.24) is 0 Å². The largest absolute Gasteiger partial charge is 0.460 e. The van der Waals surface area contributed by atoms with Gasteiger partial charge in [-0.05, 0) is 18.2 Å². The smallest absolute Gasteiger partial charge is 0.338 e. The first-order chi connectivity index (χ1) is 20.5. The Morgan fingerprint density at radius 2 is 1.10 bits per heavy atom. The highest BCUT2D eigenvalue weighted by Gasteiger charge is 2.19. The van der Waals surface area contributed by atoms with Crippen molar-refractivity contribution in [1.29, 1.82) is 0 Å². The number of nitro benzene ring substituents is 2. The van der Waals surface area contributed by atoms with Gasteiger partial charge in [-0.25, -0.2) is 4.79 Å². The number of non-ortho nitro benzene ring substituents is 1. The van der Waals surface area contributed by atoms with Crippen LogP contribution in [0.25, 0.3) is 0 Å². The van der Waals surface area contributed by atoms with Gasteiger partial charge in [0.25, 0.3) is 11.4 Å². The molecule has 0 saturated heterocycles. The number of nitrogens with one attached hydrogen (secondary N) is 1. The SMILES string of the molecule is O=C(OCCOCCOCCOCCOCCOCCOCCNc1ccc([N+](=O)[O-])cc1[N+](=O)[O-])c1ccccc1. The second-order valence-corrected chi connectivity index (χ2v) is 8.32. The fraction of sp³-hybridized carbons (Fsp3) is 0.519.